The maximum absolute atomic E-state index is 9.75. The zero-order valence-electron chi connectivity index (χ0n) is 11.3. The number of piperidine rings is 1. The molecule has 0 aromatic carbocycles. The molecule has 0 bridgehead atoms. The average molecular weight is 400 g/mol. The zero-order chi connectivity index (χ0) is 18.6. The number of hydrogen-bond acceptors (Lipinski definition) is 1. The summed E-state index contributed by atoms with van der Waals surface area (Å²) in [7, 11) is -15.8. The third-order valence-electron chi connectivity index (χ3n) is 1.58. The Morgan fingerprint density at radius 3 is 0.783 bits per heavy atom. The Morgan fingerprint density at radius 1 is 0.522 bits per heavy atom. The molecule has 0 amide bonds. The fourth-order valence-electron chi connectivity index (χ4n) is 1.05. The van der Waals surface area contributed by atoms with Crippen LogP contribution in [0.3, 0.4) is 0 Å². The van der Waals surface area contributed by atoms with Crippen LogP contribution in [0.25, 0.3) is 0 Å². The molecule has 1 rings (SSSR count). The van der Waals surface area contributed by atoms with Crippen LogP contribution in [0.15, 0.2) is 0 Å². The van der Waals surface area contributed by atoms with E-state index in [1.54, 1.807) is 0 Å². The molecule has 0 atom stereocenters. The molecule has 0 aliphatic carbocycles. The van der Waals surface area contributed by atoms with Crippen molar-refractivity contribution in [2.24, 2.45) is 0 Å². The molecule has 1 fully saturated rings. The van der Waals surface area contributed by atoms with Crippen LogP contribution >= 0.6 is 0 Å². The molecule has 1 aliphatic rings. The molecule has 140 valence electrons. The van der Waals surface area contributed by atoms with Gasteiger partial charge < -0.3 is 56.7 Å². The summed E-state index contributed by atoms with van der Waals surface area (Å²) >= 11 is 0. The van der Waals surface area contributed by atoms with E-state index in [9.17, 15) is 51.8 Å². The average Bonchev–Trinajstić information content (AvgIpc) is 2.09. The quantitative estimate of drug-likeness (QED) is 0.432. The van der Waals surface area contributed by atoms with Crippen LogP contribution in [0.2, 0.25) is 0 Å². The normalized spacial score (nSPS) is 15.5. The van der Waals surface area contributed by atoms with Crippen molar-refractivity contribution in [1.29, 1.82) is 0 Å². The molecule has 1 aliphatic heterocycles. The van der Waals surface area contributed by atoms with E-state index in [1.165, 1.54) is 32.4 Å². The minimum atomic E-state index is -6.00. The monoisotopic (exact) mass is 400 g/mol. The minimum absolute atomic E-state index is 0. The second-order valence-corrected chi connectivity index (χ2v) is 3.85. The van der Waals surface area contributed by atoms with Crippen LogP contribution in [0, 0.1) is 0 Å². The zero-order valence-corrected chi connectivity index (χ0v) is 11.3. The molecule has 0 radical (unpaired) electrons. The molecule has 17 heteroatoms. The first-order valence-corrected chi connectivity index (χ1v) is 5.70. The van der Waals surface area contributed by atoms with Crippen molar-refractivity contribution in [2.45, 2.75) is 19.3 Å². The van der Waals surface area contributed by atoms with Gasteiger partial charge in [-0.2, -0.15) is 0 Å². The van der Waals surface area contributed by atoms with Crippen LogP contribution in [0.5, 0.6) is 0 Å². The van der Waals surface area contributed by atoms with Gasteiger partial charge in [-0.3, -0.25) is 0 Å². The van der Waals surface area contributed by atoms with Gasteiger partial charge in [0.05, 0.1) is 0 Å². The molecule has 0 unspecified atom stereocenters. The van der Waals surface area contributed by atoms with Gasteiger partial charge in [-0.1, -0.05) is 6.42 Å². The van der Waals surface area contributed by atoms with Crippen molar-refractivity contribution in [3.05, 3.63) is 0 Å². The van der Waals surface area contributed by atoms with Gasteiger partial charge in [0.15, 0.2) is 0 Å². The van der Waals surface area contributed by atoms with Gasteiger partial charge in [0.1, 0.15) is 0 Å². The number of rotatable bonds is 0. The summed E-state index contributed by atoms with van der Waals surface area (Å²) in [5.74, 6) is 0. The molecule has 23 heavy (non-hydrogen) atoms. The summed E-state index contributed by atoms with van der Waals surface area (Å²) in [4.78, 5) is 2.39. The van der Waals surface area contributed by atoms with E-state index in [-0.39, 0.29) is 51.4 Å². The van der Waals surface area contributed by atoms with E-state index in [4.69, 9.17) is 0 Å². The van der Waals surface area contributed by atoms with E-state index in [0.717, 1.165) is 0 Å². The van der Waals surface area contributed by atoms with E-state index in [0.29, 0.717) is 0 Å². The van der Waals surface area contributed by atoms with Gasteiger partial charge in [0.2, 0.25) is 0 Å². The topological polar surface area (TPSA) is 3.24 Å². The van der Waals surface area contributed by atoms with Crippen molar-refractivity contribution in [3.8, 4) is 0 Å². The van der Waals surface area contributed by atoms with Crippen molar-refractivity contribution < 1.29 is 51.8 Å². The molecular weight excluding hydrogens is 386 g/mol. The summed E-state index contributed by atoms with van der Waals surface area (Å²) in [5.41, 5.74) is 0. The molecular formula is C6H14B3F12KN-3. The Kier molecular flexibility index (Phi) is 21.0. The molecule has 0 N–H and O–H groups in total. The standard InChI is InChI=1S/C6H13N.3BF4.K.H/c1-7-5-3-2-4-6-7;3*2-1(3,4)5;;/h2-6H2,1H3;;;;;/q;3*-1;;. The molecule has 0 spiro atoms. The number of likely N-dealkylation sites (tertiary alicyclic amines) is 1. The Labute approximate surface area is 168 Å². The summed E-state index contributed by atoms with van der Waals surface area (Å²) in [6, 6.07) is 0. The first-order chi connectivity index (χ1) is 9.39. The van der Waals surface area contributed by atoms with Crippen molar-refractivity contribution in [2.75, 3.05) is 20.1 Å². The number of hydrogen-bond donors (Lipinski definition) is 0. The van der Waals surface area contributed by atoms with Crippen molar-refractivity contribution >= 4 is 73.1 Å². The second kappa shape index (κ2) is 15.2. The fraction of sp³-hybridized carbons (Fsp3) is 1.00. The SMILES string of the molecule is CN1CCCCC1.F[B-](F)(F)F.F[B-](F)(F)F.F[B-](F)(F)F.[KH]. The Bertz CT molecular complexity index is 204. The van der Waals surface area contributed by atoms with Gasteiger partial charge in [0.25, 0.3) is 0 Å². The second-order valence-electron chi connectivity index (χ2n) is 3.85. The fourth-order valence-corrected chi connectivity index (χ4v) is 1.05. The summed E-state index contributed by atoms with van der Waals surface area (Å²) in [6.45, 7) is 2.64. The van der Waals surface area contributed by atoms with Gasteiger partial charge >= 0.3 is 73.1 Å². The molecule has 0 aromatic rings. The van der Waals surface area contributed by atoms with Crippen LogP contribution in [-0.2, 0) is 0 Å². The van der Waals surface area contributed by atoms with E-state index in [1.807, 2.05) is 0 Å². The number of halogens is 12. The van der Waals surface area contributed by atoms with Gasteiger partial charge in [0, 0.05) is 0 Å². The predicted molar refractivity (Wildman–Crippen MR) is 69.1 cm³/mol. The third kappa shape index (κ3) is 126. The Hall–Kier alpha value is 0.951. The maximum atomic E-state index is 9.75. The van der Waals surface area contributed by atoms with Gasteiger partial charge in [-0.25, -0.2) is 0 Å². The van der Waals surface area contributed by atoms with E-state index in [2.05, 4.69) is 11.9 Å². The predicted octanol–water partition coefficient (Wildman–Crippen LogP) is 4.35. The molecule has 1 heterocycles. The molecule has 0 aromatic heterocycles. The molecule has 1 saturated heterocycles. The van der Waals surface area contributed by atoms with Gasteiger partial charge in [-0.15, -0.1) is 0 Å². The summed E-state index contributed by atoms with van der Waals surface area (Å²) < 4.78 is 117. The van der Waals surface area contributed by atoms with Crippen LogP contribution in [0.1, 0.15) is 19.3 Å². The van der Waals surface area contributed by atoms with Crippen LogP contribution in [-0.4, -0.2) is 98.2 Å². The molecule has 0 saturated carbocycles. The molecule has 1 nitrogen and oxygen atoms in total. The van der Waals surface area contributed by atoms with Crippen LogP contribution < -0.4 is 0 Å². The van der Waals surface area contributed by atoms with Crippen molar-refractivity contribution in [3.63, 3.8) is 0 Å². The van der Waals surface area contributed by atoms with Crippen molar-refractivity contribution in [1.82, 2.24) is 4.90 Å². The van der Waals surface area contributed by atoms with Crippen LogP contribution in [0.4, 0.5) is 51.8 Å². The summed E-state index contributed by atoms with van der Waals surface area (Å²) in [5, 5.41) is 0. The number of nitrogens with zero attached hydrogens (tertiary/aromatic N) is 1. The Balaban J connectivity index is -0.000000105. The first kappa shape index (κ1) is 31.7. The van der Waals surface area contributed by atoms with Gasteiger partial charge in [-0.05, 0) is 33.0 Å². The Morgan fingerprint density at radius 2 is 0.696 bits per heavy atom. The first-order valence-electron chi connectivity index (χ1n) is 5.70. The van der Waals surface area contributed by atoms with E-state index >= 15 is 0 Å². The summed E-state index contributed by atoms with van der Waals surface area (Å²) in [6.07, 6.45) is 4.28. The van der Waals surface area contributed by atoms with E-state index < -0.39 is 21.8 Å². The third-order valence-corrected chi connectivity index (χ3v) is 1.58.